The first-order chi connectivity index (χ1) is 9.70. The Kier molecular flexibility index (Phi) is 4.24. The lowest BCUT2D eigenvalue weighted by Crippen LogP contribution is -2.14. The average molecular weight is 377 g/mol. The molecule has 2 aromatic rings. The average Bonchev–Trinajstić information content (AvgIpc) is 2.81. The maximum atomic E-state index is 13.3. The Hall–Kier alpha value is -1.61. The Bertz CT molecular complexity index is 774. The molecule has 0 saturated carbocycles. The maximum absolute atomic E-state index is 13.3. The fourth-order valence-corrected chi connectivity index (χ4v) is 3.71. The number of anilines is 2. The second-order valence-corrected chi connectivity index (χ2v) is 7.22. The number of rotatable bonds is 4. The molecule has 1 aromatic carbocycles. The van der Waals surface area contributed by atoms with E-state index >= 15 is 0 Å². The van der Waals surface area contributed by atoms with Gasteiger partial charge in [0.25, 0.3) is 10.0 Å². The molecule has 6 nitrogen and oxygen atoms in total. The lowest BCUT2D eigenvalue weighted by Gasteiger charge is -2.09. The highest BCUT2D eigenvalue weighted by molar-refractivity contribution is 9.10. The van der Waals surface area contributed by atoms with E-state index in [4.69, 9.17) is 5.73 Å². The third-order valence-electron chi connectivity index (χ3n) is 2.72. The predicted molar refractivity (Wildman–Crippen MR) is 81.9 cm³/mol. The minimum absolute atomic E-state index is 0.0953. The van der Waals surface area contributed by atoms with Crippen molar-refractivity contribution in [3.63, 3.8) is 0 Å². The first-order valence-electron chi connectivity index (χ1n) is 6.02. The first kappa shape index (κ1) is 15.8. The van der Waals surface area contributed by atoms with Gasteiger partial charge in [-0.1, -0.05) is 0 Å². The number of sulfonamides is 1. The van der Waals surface area contributed by atoms with Crippen molar-refractivity contribution >= 4 is 37.3 Å². The SMILES string of the molecule is CC(C)n1cc(NS(=O)(=O)c2cc(N)c(F)cc2Br)cn1. The number of benzene rings is 1. The van der Waals surface area contributed by atoms with Gasteiger partial charge in [-0.15, -0.1) is 0 Å². The maximum Gasteiger partial charge on any atom is 0.263 e. The van der Waals surface area contributed by atoms with Crippen molar-refractivity contribution in [1.29, 1.82) is 0 Å². The zero-order chi connectivity index (χ0) is 15.8. The molecule has 2 rings (SSSR count). The zero-order valence-electron chi connectivity index (χ0n) is 11.3. The molecular weight excluding hydrogens is 363 g/mol. The molecule has 0 unspecified atom stereocenters. The fourth-order valence-electron chi connectivity index (χ4n) is 1.63. The standard InChI is InChI=1S/C12H14BrFN4O2S/c1-7(2)18-6-8(5-16-18)17-21(19,20)12-4-11(15)10(14)3-9(12)13/h3-7,17H,15H2,1-2H3. The molecule has 1 aromatic heterocycles. The summed E-state index contributed by atoms with van der Waals surface area (Å²) in [6.07, 6.45) is 2.97. The van der Waals surface area contributed by atoms with E-state index < -0.39 is 15.8 Å². The van der Waals surface area contributed by atoms with E-state index in [1.165, 1.54) is 6.20 Å². The quantitative estimate of drug-likeness (QED) is 0.802. The Balaban J connectivity index is 2.36. The summed E-state index contributed by atoms with van der Waals surface area (Å²) in [5.74, 6) is -0.687. The van der Waals surface area contributed by atoms with Crippen LogP contribution in [0.2, 0.25) is 0 Å². The van der Waals surface area contributed by atoms with E-state index in [9.17, 15) is 12.8 Å². The van der Waals surface area contributed by atoms with Crippen LogP contribution in [0.1, 0.15) is 19.9 Å². The van der Waals surface area contributed by atoms with Gasteiger partial charge in [0.15, 0.2) is 0 Å². The van der Waals surface area contributed by atoms with Crippen molar-refractivity contribution in [3.05, 3.63) is 34.8 Å². The Labute approximate surface area is 130 Å². The molecule has 0 bridgehead atoms. The topological polar surface area (TPSA) is 90.0 Å². The van der Waals surface area contributed by atoms with Crippen LogP contribution in [0.3, 0.4) is 0 Å². The summed E-state index contributed by atoms with van der Waals surface area (Å²) in [6.45, 7) is 3.84. The monoisotopic (exact) mass is 376 g/mol. The smallest absolute Gasteiger partial charge is 0.263 e. The van der Waals surface area contributed by atoms with Crippen molar-refractivity contribution in [2.75, 3.05) is 10.5 Å². The van der Waals surface area contributed by atoms with Gasteiger partial charge in [0.05, 0.1) is 17.6 Å². The van der Waals surface area contributed by atoms with Crippen molar-refractivity contribution in [3.8, 4) is 0 Å². The first-order valence-corrected chi connectivity index (χ1v) is 8.30. The summed E-state index contributed by atoms with van der Waals surface area (Å²) in [6, 6.07) is 2.19. The number of nitrogens with one attached hydrogen (secondary N) is 1. The summed E-state index contributed by atoms with van der Waals surface area (Å²) < 4.78 is 42.0. The van der Waals surface area contributed by atoms with E-state index in [0.29, 0.717) is 5.69 Å². The highest BCUT2D eigenvalue weighted by Gasteiger charge is 2.20. The van der Waals surface area contributed by atoms with Crippen LogP contribution in [0.5, 0.6) is 0 Å². The van der Waals surface area contributed by atoms with Crippen molar-refractivity contribution in [2.45, 2.75) is 24.8 Å². The van der Waals surface area contributed by atoms with E-state index in [-0.39, 0.29) is 21.1 Å². The molecule has 1 heterocycles. The van der Waals surface area contributed by atoms with Gasteiger partial charge >= 0.3 is 0 Å². The second-order valence-electron chi connectivity index (χ2n) is 4.71. The van der Waals surface area contributed by atoms with Crippen LogP contribution in [-0.4, -0.2) is 18.2 Å². The molecule has 0 amide bonds. The summed E-state index contributed by atoms with van der Waals surface area (Å²) in [5, 5.41) is 4.04. The highest BCUT2D eigenvalue weighted by Crippen LogP contribution is 2.28. The molecule has 21 heavy (non-hydrogen) atoms. The number of halogens is 2. The van der Waals surface area contributed by atoms with Crippen LogP contribution < -0.4 is 10.5 Å². The van der Waals surface area contributed by atoms with Gasteiger partial charge in [0, 0.05) is 16.7 Å². The minimum Gasteiger partial charge on any atom is -0.396 e. The molecule has 0 saturated heterocycles. The zero-order valence-corrected chi connectivity index (χ0v) is 13.7. The number of hydrogen-bond acceptors (Lipinski definition) is 4. The molecule has 0 radical (unpaired) electrons. The summed E-state index contributed by atoms with van der Waals surface area (Å²) in [4.78, 5) is -0.140. The second kappa shape index (κ2) is 5.64. The van der Waals surface area contributed by atoms with E-state index in [1.807, 2.05) is 13.8 Å². The van der Waals surface area contributed by atoms with Crippen LogP contribution in [0.25, 0.3) is 0 Å². The van der Waals surface area contributed by atoms with Gasteiger partial charge < -0.3 is 5.73 Å². The number of aromatic nitrogens is 2. The van der Waals surface area contributed by atoms with Gasteiger partial charge in [0.2, 0.25) is 0 Å². The molecule has 0 atom stereocenters. The third-order valence-corrected chi connectivity index (χ3v) is 5.06. The molecule has 0 spiro atoms. The van der Waals surface area contributed by atoms with Gasteiger partial charge in [-0.2, -0.15) is 5.10 Å². The number of nitrogen functional groups attached to an aromatic ring is 1. The van der Waals surface area contributed by atoms with Crippen molar-refractivity contribution in [1.82, 2.24) is 9.78 Å². The number of hydrogen-bond donors (Lipinski definition) is 2. The van der Waals surface area contributed by atoms with E-state index in [1.54, 1.807) is 10.9 Å². The summed E-state index contributed by atoms with van der Waals surface area (Å²) in [5.41, 5.74) is 5.50. The molecule has 0 aliphatic heterocycles. The molecular formula is C12H14BrFN4O2S. The van der Waals surface area contributed by atoms with Crippen LogP contribution in [-0.2, 0) is 10.0 Å². The number of nitrogens with two attached hydrogens (primary N) is 1. The Morgan fingerprint density at radius 2 is 2.10 bits per heavy atom. The van der Waals surface area contributed by atoms with Gasteiger partial charge in [-0.25, -0.2) is 12.8 Å². The lowest BCUT2D eigenvalue weighted by atomic mass is 10.3. The minimum atomic E-state index is -3.89. The van der Waals surface area contributed by atoms with Gasteiger partial charge in [-0.3, -0.25) is 9.40 Å². The predicted octanol–water partition coefficient (Wildman–Crippen LogP) is 2.75. The van der Waals surface area contributed by atoms with Crippen molar-refractivity contribution in [2.24, 2.45) is 0 Å². The molecule has 0 fully saturated rings. The van der Waals surface area contributed by atoms with Gasteiger partial charge in [0.1, 0.15) is 10.7 Å². The number of nitrogens with zero attached hydrogens (tertiary/aromatic N) is 2. The Morgan fingerprint density at radius 1 is 1.43 bits per heavy atom. The highest BCUT2D eigenvalue weighted by atomic mass is 79.9. The van der Waals surface area contributed by atoms with Crippen LogP contribution in [0, 0.1) is 5.82 Å². The van der Waals surface area contributed by atoms with Crippen LogP contribution in [0.15, 0.2) is 33.9 Å². The third kappa shape index (κ3) is 3.35. The van der Waals surface area contributed by atoms with Crippen LogP contribution in [0.4, 0.5) is 15.8 Å². The molecule has 0 aliphatic carbocycles. The molecule has 0 aliphatic rings. The molecule has 3 N–H and O–H groups in total. The van der Waals surface area contributed by atoms with Gasteiger partial charge in [-0.05, 0) is 41.9 Å². The van der Waals surface area contributed by atoms with E-state index in [0.717, 1.165) is 12.1 Å². The fraction of sp³-hybridized carbons (Fsp3) is 0.250. The van der Waals surface area contributed by atoms with Crippen LogP contribution >= 0.6 is 15.9 Å². The summed E-state index contributed by atoms with van der Waals surface area (Å²) in [7, 11) is -3.89. The van der Waals surface area contributed by atoms with E-state index in [2.05, 4.69) is 25.8 Å². The Morgan fingerprint density at radius 3 is 2.67 bits per heavy atom. The normalized spacial score (nSPS) is 11.9. The van der Waals surface area contributed by atoms with Crippen molar-refractivity contribution < 1.29 is 12.8 Å². The largest absolute Gasteiger partial charge is 0.396 e. The lowest BCUT2D eigenvalue weighted by molar-refractivity contribution is 0.532. The molecule has 114 valence electrons. The summed E-state index contributed by atoms with van der Waals surface area (Å²) >= 11 is 3.02. The molecule has 9 heteroatoms.